The van der Waals surface area contributed by atoms with E-state index in [4.69, 9.17) is 3.07 Å². The third kappa shape index (κ3) is 4.42. The third-order valence-electron chi connectivity index (χ3n) is 2.46. The first-order chi connectivity index (χ1) is 9.11. The van der Waals surface area contributed by atoms with Crippen LogP contribution in [0.25, 0.3) is 0 Å². The van der Waals surface area contributed by atoms with Gasteiger partial charge in [0.15, 0.2) is 0 Å². The van der Waals surface area contributed by atoms with Gasteiger partial charge in [-0.05, 0) is 0 Å². The van der Waals surface area contributed by atoms with Gasteiger partial charge in [0, 0.05) is 0 Å². The molecule has 0 unspecified atom stereocenters. The standard InChI is InChI=1S/C11H15N3OS.2CH3.Sn/c1-2-7-12-11(16)14-13-8-9-5-3-4-6-10(9)15;;;/h3-6,8,15H,2,7H2,1H3,(H2,12,14,16);2*1H3;/q;;;+2/p-2/b13-8+;;;. The van der Waals surface area contributed by atoms with Crippen molar-refractivity contribution in [1.29, 1.82) is 0 Å². The van der Waals surface area contributed by atoms with E-state index in [0.717, 1.165) is 29.4 Å². The van der Waals surface area contributed by atoms with Crippen molar-refractivity contribution >= 4 is 37.7 Å². The van der Waals surface area contributed by atoms with E-state index >= 15 is 0 Å². The fourth-order valence-electron chi connectivity index (χ4n) is 1.66. The van der Waals surface area contributed by atoms with Gasteiger partial charge in [-0.2, -0.15) is 0 Å². The molecule has 0 bridgehead atoms. The summed E-state index contributed by atoms with van der Waals surface area (Å²) in [5.74, 6) is 0.929. The Balaban J connectivity index is 2.29. The molecule has 1 aliphatic heterocycles. The molecular weight excluding hydrogens is 365 g/mol. The second kappa shape index (κ2) is 6.65. The summed E-state index contributed by atoms with van der Waals surface area (Å²) in [6, 6.07) is 8.01. The second-order valence-electron chi connectivity index (χ2n) is 4.70. The minimum absolute atomic E-state index is 0.819. The number of aliphatic imine (C=N–C) groups is 1. The normalized spacial score (nSPS) is 21.3. The average molecular weight is 384 g/mol. The zero-order valence-corrected chi connectivity index (χ0v) is 15.2. The van der Waals surface area contributed by atoms with Crippen LogP contribution in [-0.4, -0.2) is 35.3 Å². The van der Waals surface area contributed by atoms with Crippen LogP contribution in [0.3, 0.4) is 0 Å². The van der Waals surface area contributed by atoms with Gasteiger partial charge in [-0.15, -0.1) is 0 Å². The second-order valence-corrected chi connectivity index (χ2v) is 22.2. The third-order valence-corrected chi connectivity index (χ3v) is 11.8. The van der Waals surface area contributed by atoms with Crippen molar-refractivity contribution in [3.05, 3.63) is 29.8 Å². The number of hydrogen-bond acceptors (Lipinski definition) is 4. The van der Waals surface area contributed by atoms with Gasteiger partial charge in [0.25, 0.3) is 0 Å². The van der Waals surface area contributed by atoms with E-state index in [1.54, 1.807) is 15.2 Å². The van der Waals surface area contributed by atoms with Crippen molar-refractivity contribution in [3.63, 3.8) is 0 Å². The molecule has 1 aliphatic rings. The number of nitrogens with one attached hydrogen (secondary N) is 1. The summed E-state index contributed by atoms with van der Waals surface area (Å²) in [5, 5.41) is 5.14. The van der Waals surface area contributed by atoms with Gasteiger partial charge in [0.05, 0.1) is 0 Å². The van der Waals surface area contributed by atoms with Crippen LogP contribution in [0, 0.1) is 0 Å². The molecule has 0 amide bonds. The summed E-state index contributed by atoms with van der Waals surface area (Å²) in [5.41, 5.74) is 4.06. The van der Waals surface area contributed by atoms with Crippen LogP contribution in [-0.2, 0) is 0 Å². The molecule has 1 aromatic carbocycles. The van der Waals surface area contributed by atoms with Crippen LogP contribution in [0.2, 0.25) is 9.88 Å². The molecule has 0 atom stereocenters. The molecule has 2 rings (SSSR count). The van der Waals surface area contributed by atoms with Gasteiger partial charge >= 0.3 is 122 Å². The van der Waals surface area contributed by atoms with E-state index in [1.165, 1.54) is 0 Å². The van der Waals surface area contributed by atoms with Crippen molar-refractivity contribution < 1.29 is 3.07 Å². The Hall–Kier alpha value is -0.691. The number of rotatable bonds is 2. The number of amidine groups is 1. The molecule has 19 heavy (non-hydrogen) atoms. The number of hydrazone groups is 1. The van der Waals surface area contributed by atoms with Crippen LogP contribution in [0.5, 0.6) is 5.75 Å². The first-order valence-electron chi connectivity index (χ1n) is 6.41. The topological polar surface area (TPSA) is 46.0 Å². The van der Waals surface area contributed by atoms with Crippen molar-refractivity contribution in [1.82, 2.24) is 5.43 Å². The summed E-state index contributed by atoms with van der Waals surface area (Å²) >= 11 is -2.71. The van der Waals surface area contributed by atoms with E-state index < -0.39 is 17.4 Å². The van der Waals surface area contributed by atoms with Gasteiger partial charge in [-0.25, -0.2) is 0 Å². The van der Waals surface area contributed by atoms with Gasteiger partial charge in [-0.1, -0.05) is 0 Å². The summed E-state index contributed by atoms with van der Waals surface area (Å²) < 4.78 is 6.28. The van der Waals surface area contributed by atoms with E-state index in [-0.39, 0.29) is 0 Å². The summed E-state index contributed by atoms with van der Waals surface area (Å²) in [6.07, 6.45) is 2.83. The molecule has 1 heterocycles. The van der Waals surface area contributed by atoms with Crippen molar-refractivity contribution in [3.8, 4) is 5.75 Å². The van der Waals surface area contributed by atoms with E-state index in [0.29, 0.717) is 0 Å². The Morgan fingerprint density at radius 1 is 1.37 bits per heavy atom. The molecule has 0 aliphatic carbocycles. The molecule has 0 saturated heterocycles. The summed E-state index contributed by atoms with van der Waals surface area (Å²) in [7, 11) is 1.75. The molecular formula is C13H19N3OSSn. The molecule has 0 radical (unpaired) electrons. The number of nitrogens with zero attached hydrogens (tertiary/aromatic N) is 2. The van der Waals surface area contributed by atoms with Gasteiger partial charge < -0.3 is 0 Å². The molecule has 0 saturated carbocycles. The molecule has 0 spiro atoms. The first kappa shape index (κ1) is 14.7. The maximum atomic E-state index is 6.28. The Morgan fingerprint density at radius 3 is 2.95 bits per heavy atom. The van der Waals surface area contributed by atoms with E-state index in [2.05, 4.69) is 32.3 Å². The van der Waals surface area contributed by atoms with Crippen LogP contribution in [0.4, 0.5) is 0 Å². The van der Waals surface area contributed by atoms with Crippen molar-refractivity contribution in [2.45, 2.75) is 23.2 Å². The average Bonchev–Trinajstić information content (AvgIpc) is 2.42. The summed E-state index contributed by atoms with van der Waals surface area (Å²) in [4.78, 5) is 9.01. The Bertz CT molecular complexity index is 502. The predicted octanol–water partition coefficient (Wildman–Crippen LogP) is 3.20. The Kier molecular flexibility index (Phi) is 5.15. The number of para-hydroxylation sites is 1. The molecule has 1 N–H and O–H groups in total. The van der Waals surface area contributed by atoms with Crippen molar-refractivity contribution in [2.24, 2.45) is 10.1 Å². The predicted molar refractivity (Wildman–Crippen MR) is 85.5 cm³/mol. The SMILES string of the molecule is CCCN=C1N/N=C/c2ccccc2[O][Sn]([CH3])([CH3])[S]1. The molecule has 0 aromatic heterocycles. The van der Waals surface area contributed by atoms with E-state index in [9.17, 15) is 0 Å². The van der Waals surface area contributed by atoms with Crippen LogP contribution in [0.15, 0.2) is 34.4 Å². The van der Waals surface area contributed by atoms with Gasteiger partial charge in [-0.3, -0.25) is 0 Å². The van der Waals surface area contributed by atoms with Crippen molar-refractivity contribution in [2.75, 3.05) is 6.54 Å². The van der Waals surface area contributed by atoms with Gasteiger partial charge in [0.2, 0.25) is 0 Å². The fraction of sp³-hybridized carbons (Fsp3) is 0.385. The zero-order valence-electron chi connectivity index (χ0n) is 11.5. The molecule has 4 nitrogen and oxygen atoms in total. The number of fused-ring (bicyclic) bond motifs is 1. The van der Waals surface area contributed by atoms with Gasteiger partial charge in [0.1, 0.15) is 0 Å². The zero-order chi connectivity index (χ0) is 13.7. The monoisotopic (exact) mass is 385 g/mol. The van der Waals surface area contributed by atoms with Crippen LogP contribution < -0.4 is 8.50 Å². The molecule has 102 valence electrons. The Morgan fingerprint density at radius 2 is 2.16 bits per heavy atom. The fourth-order valence-corrected chi connectivity index (χ4v) is 10.4. The number of hydrogen-bond donors (Lipinski definition) is 1. The molecule has 0 fully saturated rings. The summed E-state index contributed by atoms with van der Waals surface area (Å²) in [6.45, 7) is 2.94. The van der Waals surface area contributed by atoms with Crippen LogP contribution in [0.1, 0.15) is 18.9 Å². The maximum absolute atomic E-state index is 6.28. The Labute approximate surface area is 121 Å². The molecule has 6 heteroatoms. The molecule has 1 aromatic rings. The first-order valence-corrected chi connectivity index (χ1v) is 17.6. The van der Waals surface area contributed by atoms with E-state index in [1.807, 2.05) is 24.3 Å². The minimum atomic E-state index is -2.71. The number of benzene rings is 1. The van der Waals surface area contributed by atoms with Crippen LogP contribution >= 0.6 is 8.95 Å². The quantitative estimate of drug-likeness (QED) is 0.797.